The van der Waals surface area contributed by atoms with Gasteiger partial charge in [0.1, 0.15) is 11.4 Å². The van der Waals surface area contributed by atoms with Crippen molar-refractivity contribution in [3.8, 4) is 0 Å². The molecule has 8 nitrogen and oxygen atoms in total. The fourth-order valence-electron chi connectivity index (χ4n) is 3.83. The van der Waals surface area contributed by atoms with Gasteiger partial charge in [0.15, 0.2) is 0 Å². The van der Waals surface area contributed by atoms with Crippen molar-refractivity contribution in [3.05, 3.63) is 64.1 Å². The van der Waals surface area contributed by atoms with Gasteiger partial charge >= 0.3 is 5.97 Å². The fraction of sp³-hybridized carbons (Fsp3) is 0.318. The molecule has 2 aromatic rings. The fourth-order valence-corrected chi connectivity index (χ4v) is 5.53. The number of benzene rings is 2. The SMILES string of the molecule is CCOC(=O)c1ccc(S(=O)(=O)N2CCC3(CC2)N=C(c2ccc(Br)cc2)C(=O)N3)cc1. The highest BCUT2D eigenvalue weighted by Gasteiger charge is 2.44. The van der Waals surface area contributed by atoms with Gasteiger partial charge < -0.3 is 10.1 Å². The average Bonchev–Trinajstić information content (AvgIpc) is 3.10. The zero-order chi connectivity index (χ0) is 22.9. The molecule has 2 aliphatic heterocycles. The molecule has 32 heavy (non-hydrogen) atoms. The summed E-state index contributed by atoms with van der Waals surface area (Å²) in [5.41, 5.74) is 0.591. The third-order valence-corrected chi connectivity index (χ3v) is 8.00. The summed E-state index contributed by atoms with van der Waals surface area (Å²) in [5.74, 6) is -0.744. The van der Waals surface area contributed by atoms with Gasteiger partial charge in [-0.2, -0.15) is 4.31 Å². The molecule has 4 rings (SSSR count). The molecule has 0 bridgehead atoms. The van der Waals surface area contributed by atoms with Gasteiger partial charge in [0.2, 0.25) is 10.0 Å². The van der Waals surface area contributed by atoms with Crippen LogP contribution in [0.15, 0.2) is 62.9 Å². The van der Waals surface area contributed by atoms with Crippen molar-refractivity contribution in [2.75, 3.05) is 19.7 Å². The third-order valence-electron chi connectivity index (χ3n) is 5.56. The standard InChI is InChI=1S/C22H22BrN3O5S/c1-2-31-21(28)16-5-9-18(10-6-16)32(29,30)26-13-11-22(12-14-26)24-19(20(27)25-22)15-3-7-17(23)8-4-15/h3-10H,2,11-14H2,1H3,(H,25,27). The lowest BCUT2D eigenvalue weighted by molar-refractivity contribution is -0.115. The van der Waals surface area contributed by atoms with E-state index >= 15 is 0 Å². The highest BCUT2D eigenvalue weighted by atomic mass is 79.9. The number of esters is 1. The minimum atomic E-state index is -3.73. The number of carbonyl (C=O) groups is 2. The van der Waals surface area contributed by atoms with Crippen molar-refractivity contribution >= 4 is 43.5 Å². The van der Waals surface area contributed by atoms with Gasteiger partial charge in [-0.25, -0.2) is 13.2 Å². The van der Waals surface area contributed by atoms with Crippen LogP contribution in [0.25, 0.3) is 0 Å². The first-order valence-electron chi connectivity index (χ1n) is 10.2. The summed E-state index contributed by atoms with van der Waals surface area (Å²) < 4.78 is 33.3. The van der Waals surface area contributed by atoms with Gasteiger partial charge in [-0.15, -0.1) is 0 Å². The van der Waals surface area contributed by atoms with Crippen LogP contribution < -0.4 is 5.32 Å². The van der Waals surface area contributed by atoms with Crippen molar-refractivity contribution in [3.63, 3.8) is 0 Å². The molecule has 168 valence electrons. The minimum absolute atomic E-state index is 0.107. The number of hydrogen-bond acceptors (Lipinski definition) is 6. The predicted octanol–water partition coefficient (Wildman–Crippen LogP) is 2.73. The van der Waals surface area contributed by atoms with E-state index in [1.165, 1.54) is 28.6 Å². The number of sulfonamides is 1. The van der Waals surface area contributed by atoms with Crippen LogP contribution in [0.5, 0.6) is 0 Å². The van der Waals surface area contributed by atoms with E-state index in [1.807, 2.05) is 24.3 Å². The summed E-state index contributed by atoms with van der Waals surface area (Å²) in [6.07, 6.45) is 0.748. The summed E-state index contributed by atoms with van der Waals surface area (Å²) in [4.78, 5) is 29.1. The molecule has 0 aliphatic carbocycles. The van der Waals surface area contributed by atoms with Crippen molar-refractivity contribution in [1.82, 2.24) is 9.62 Å². The maximum Gasteiger partial charge on any atom is 0.338 e. The van der Waals surface area contributed by atoms with Crippen LogP contribution in [-0.4, -0.2) is 55.7 Å². The third kappa shape index (κ3) is 4.35. The normalized spacial score (nSPS) is 18.3. The zero-order valence-electron chi connectivity index (χ0n) is 17.4. The number of amides is 1. The van der Waals surface area contributed by atoms with Gasteiger partial charge in [0.25, 0.3) is 5.91 Å². The minimum Gasteiger partial charge on any atom is -0.462 e. The summed E-state index contributed by atoms with van der Waals surface area (Å²) in [6.45, 7) is 2.40. The number of nitrogens with one attached hydrogen (secondary N) is 1. The van der Waals surface area contributed by atoms with Crippen molar-refractivity contribution < 1.29 is 22.7 Å². The van der Waals surface area contributed by atoms with Crippen molar-refractivity contribution in [2.45, 2.75) is 30.3 Å². The second-order valence-corrected chi connectivity index (χ2v) is 10.5. The summed E-state index contributed by atoms with van der Waals surface area (Å²) in [6, 6.07) is 13.0. The number of ether oxygens (including phenoxy) is 1. The summed E-state index contributed by atoms with van der Waals surface area (Å²) in [5, 5.41) is 2.95. The topological polar surface area (TPSA) is 105 Å². The maximum absolute atomic E-state index is 13.1. The van der Waals surface area contributed by atoms with Gasteiger partial charge in [0.05, 0.1) is 17.1 Å². The second-order valence-electron chi connectivity index (χ2n) is 7.60. The highest BCUT2D eigenvalue weighted by molar-refractivity contribution is 9.10. The highest BCUT2D eigenvalue weighted by Crippen LogP contribution is 2.31. The first-order valence-corrected chi connectivity index (χ1v) is 12.4. The van der Waals surface area contributed by atoms with E-state index in [9.17, 15) is 18.0 Å². The second kappa shape index (κ2) is 8.76. The van der Waals surface area contributed by atoms with Crippen LogP contribution in [0, 0.1) is 0 Å². The average molecular weight is 520 g/mol. The number of piperidine rings is 1. The zero-order valence-corrected chi connectivity index (χ0v) is 19.8. The molecule has 1 spiro atoms. The van der Waals surface area contributed by atoms with Crippen LogP contribution in [0.1, 0.15) is 35.7 Å². The molecule has 0 atom stereocenters. The molecule has 2 aromatic carbocycles. The largest absolute Gasteiger partial charge is 0.462 e. The van der Waals surface area contributed by atoms with E-state index < -0.39 is 21.7 Å². The molecule has 2 heterocycles. The molecule has 1 fully saturated rings. The molecule has 0 unspecified atom stereocenters. The van der Waals surface area contributed by atoms with E-state index in [0.717, 1.165) is 10.0 Å². The molecule has 0 aromatic heterocycles. The van der Waals surface area contributed by atoms with Crippen LogP contribution in [0.3, 0.4) is 0 Å². The lowest BCUT2D eigenvalue weighted by Gasteiger charge is -2.36. The summed E-state index contributed by atoms with van der Waals surface area (Å²) in [7, 11) is -3.73. The Balaban J connectivity index is 1.48. The van der Waals surface area contributed by atoms with E-state index in [4.69, 9.17) is 4.74 Å². The molecule has 1 N–H and O–H groups in total. The molecular formula is C22H22BrN3O5S. The quantitative estimate of drug-likeness (QED) is 0.611. The van der Waals surface area contributed by atoms with E-state index in [2.05, 4.69) is 26.2 Å². The number of aliphatic imine (C=N–C) groups is 1. The monoisotopic (exact) mass is 519 g/mol. The van der Waals surface area contributed by atoms with Crippen LogP contribution >= 0.6 is 15.9 Å². The van der Waals surface area contributed by atoms with Crippen molar-refractivity contribution in [1.29, 1.82) is 0 Å². The van der Waals surface area contributed by atoms with Crippen LogP contribution in [0.4, 0.5) is 0 Å². The number of rotatable bonds is 5. The molecule has 0 saturated carbocycles. The Labute approximate surface area is 194 Å². The van der Waals surface area contributed by atoms with Gasteiger partial charge in [-0.05, 0) is 43.3 Å². The van der Waals surface area contributed by atoms with Gasteiger partial charge in [0, 0.05) is 36.0 Å². The van der Waals surface area contributed by atoms with Crippen LogP contribution in [-0.2, 0) is 19.6 Å². The number of carbonyl (C=O) groups excluding carboxylic acids is 2. The maximum atomic E-state index is 13.1. The Bertz CT molecular complexity index is 1170. The number of nitrogens with zero attached hydrogens (tertiary/aromatic N) is 2. The van der Waals surface area contributed by atoms with Crippen LogP contribution in [0.2, 0.25) is 0 Å². The number of hydrogen-bond donors (Lipinski definition) is 1. The predicted molar refractivity (Wildman–Crippen MR) is 122 cm³/mol. The molecule has 1 saturated heterocycles. The number of halogens is 1. The van der Waals surface area contributed by atoms with E-state index in [0.29, 0.717) is 24.1 Å². The van der Waals surface area contributed by atoms with E-state index in [1.54, 1.807) is 6.92 Å². The Morgan fingerprint density at radius 2 is 1.75 bits per heavy atom. The van der Waals surface area contributed by atoms with Gasteiger partial charge in [-0.1, -0.05) is 28.1 Å². The van der Waals surface area contributed by atoms with Gasteiger partial charge in [-0.3, -0.25) is 9.79 Å². The first kappa shape index (κ1) is 22.6. The van der Waals surface area contributed by atoms with Crippen molar-refractivity contribution in [2.24, 2.45) is 4.99 Å². The Morgan fingerprint density at radius 3 is 2.34 bits per heavy atom. The first-order chi connectivity index (χ1) is 15.2. The molecule has 2 aliphatic rings. The molecule has 1 amide bonds. The molecule has 10 heteroatoms. The Kier molecular flexibility index (Phi) is 6.19. The lowest BCUT2D eigenvalue weighted by Crippen LogP contribution is -2.52. The molecular weight excluding hydrogens is 498 g/mol. The Hall–Kier alpha value is -2.56. The Morgan fingerprint density at radius 1 is 1.12 bits per heavy atom. The molecule has 0 radical (unpaired) electrons. The summed E-state index contributed by atoms with van der Waals surface area (Å²) >= 11 is 3.38. The smallest absolute Gasteiger partial charge is 0.338 e. The van der Waals surface area contributed by atoms with E-state index in [-0.39, 0.29) is 30.5 Å². The lowest BCUT2D eigenvalue weighted by atomic mass is 10.00.